The van der Waals surface area contributed by atoms with Crippen LogP contribution in [0, 0.1) is 0 Å². The van der Waals surface area contributed by atoms with Gasteiger partial charge in [-0.3, -0.25) is 4.98 Å². The summed E-state index contributed by atoms with van der Waals surface area (Å²) in [5, 5.41) is 4.36. The summed E-state index contributed by atoms with van der Waals surface area (Å²) < 4.78 is 4.22. The molecule has 0 fully saturated rings. The van der Waals surface area contributed by atoms with E-state index in [1.54, 1.807) is 18.7 Å². The maximum Gasteiger partial charge on any atom is 0.147 e. The highest BCUT2D eigenvalue weighted by Gasteiger charge is 2.13. The molecular formula is C13H14N6S. The van der Waals surface area contributed by atoms with Gasteiger partial charge in [0.05, 0.1) is 11.9 Å². The normalized spacial score (nSPS) is 10.6. The van der Waals surface area contributed by atoms with E-state index in [-0.39, 0.29) is 0 Å². The van der Waals surface area contributed by atoms with Crippen molar-refractivity contribution in [2.75, 3.05) is 17.6 Å². The van der Waals surface area contributed by atoms with Crippen molar-refractivity contribution in [1.82, 2.24) is 19.3 Å². The lowest BCUT2D eigenvalue weighted by Gasteiger charge is -2.06. The summed E-state index contributed by atoms with van der Waals surface area (Å²) in [6, 6.07) is 3.86. The van der Waals surface area contributed by atoms with Crippen LogP contribution in [0.25, 0.3) is 11.1 Å². The van der Waals surface area contributed by atoms with Crippen molar-refractivity contribution in [3.63, 3.8) is 0 Å². The van der Waals surface area contributed by atoms with Gasteiger partial charge in [0, 0.05) is 37.3 Å². The zero-order valence-electron chi connectivity index (χ0n) is 10.7. The van der Waals surface area contributed by atoms with Gasteiger partial charge in [0.2, 0.25) is 0 Å². The van der Waals surface area contributed by atoms with Gasteiger partial charge in [0.25, 0.3) is 0 Å². The van der Waals surface area contributed by atoms with Crippen molar-refractivity contribution in [1.29, 1.82) is 0 Å². The van der Waals surface area contributed by atoms with Crippen molar-refractivity contribution < 1.29 is 0 Å². The van der Waals surface area contributed by atoms with E-state index in [4.69, 9.17) is 5.73 Å². The molecule has 0 aliphatic carbocycles. The molecule has 102 valence electrons. The third-order valence-electron chi connectivity index (χ3n) is 2.92. The number of nitrogens with one attached hydrogen (secondary N) is 2. The van der Waals surface area contributed by atoms with Crippen LogP contribution in [-0.2, 0) is 6.42 Å². The van der Waals surface area contributed by atoms with Crippen LogP contribution < -0.4 is 11.1 Å². The molecule has 0 aromatic carbocycles. The number of nitrogen functional groups attached to an aromatic ring is 1. The number of anilines is 2. The topological polar surface area (TPSA) is 92.5 Å². The molecule has 0 radical (unpaired) electrons. The van der Waals surface area contributed by atoms with Gasteiger partial charge < -0.3 is 16.0 Å². The lowest BCUT2D eigenvalue weighted by molar-refractivity contribution is 0.981. The number of rotatable bonds is 5. The van der Waals surface area contributed by atoms with Crippen LogP contribution in [0.15, 0.2) is 37.1 Å². The van der Waals surface area contributed by atoms with Crippen LogP contribution in [0.1, 0.15) is 5.69 Å². The molecule has 3 aromatic heterocycles. The van der Waals surface area contributed by atoms with E-state index in [0.29, 0.717) is 5.82 Å². The Kier molecular flexibility index (Phi) is 3.60. The van der Waals surface area contributed by atoms with Gasteiger partial charge in [0.15, 0.2) is 0 Å². The minimum Gasteiger partial charge on any atom is -0.382 e. The quantitative estimate of drug-likeness (QED) is 0.668. The zero-order valence-corrected chi connectivity index (χ0v) is 11.5. The van der Waals surface area contributed by atoms with Crippen molar-refractivity contribution in [3.05, 3.63) is 42.7 Å². The van der Waals surface area contributed by atoms with Gasteiger partial charge >= 0.3 is 0 Å². The standard InChI is InChI=1S/C13H14N6S/c14-12-11(9-1-4-15-5-2-9)13(20-19-12)17-6-3-10-7-16-8-18-10/h1-2,4-5,7-8,17H,3,6H2,(H2,14,19)(H,16,18). The van der Waals surface area contributed by atoms with E-state index in [2.05, 4.69) is 24.6 Å². The largest absolute Gasteiger partial charge is 0.382 e. The van der Waals surface area contributed by atoms with Crippen LogP contribution in [0.5, 0.6) is 0 Å². The Hall–Kier alpha value is -2.41. The molecule has 0 saturated heterocycles. The average Bonchev–Trinajstić information content (AvgIpc) is 3.10. The Morgan fingerprint density at radius 2 is 2.10 bits per heavy atom. The number of hydrogen-bond donors (Lipinski definition) is 3. The lowest BCUT2D eigenvalue weighted by atomic mass is 10.1. The number of aromatic nitrogens is 4. The van der Waals surface area contributed by atoms with Gasteiger partial charge in [-0.25, -0.2) is 4.98 Å². The van der Waals surface area contributed by atoms with Crippen LogP contribution in [-0.4, -0.2) is 25.9 Å². The molecule has 4 N–H and O–H groups in total. The molecule has 0 aliphatic rings. The molecule has 0 spiro atoms. The first-order valence-electron chi connectivity index (χ1n) is 6.21. The highest BCUT2D eigenvalue weighted by Crippen LogP contribution is 2.36. The molecule has 0 atom stereocenters. The summed E-state index contributed by atoms with van der Waals surface area (Å²) in [6.45, 7) is 0.794. The van der Waals surface area contributed by atoms with E-state index in [1.807, 2.05) is 18.3 Å². The van der Waals surface area contributed by atoms with E-state index in [0.717, 1.165) is 34.8 Å². The predicted octanol–water partition coefficient (Wildman–Crippen LogP) is 2.17. The fourth-order valence-corrected chi connectivity index (χ4v) is 2.71. The molecule has 0 unspecified atom stereocenters. The Labute approximate surface area is 120 Å². The van der Waals surface area contributed by atoms with Gasteiger partial charge in [-0.2, -0.15) is 4.37 Å². The Morgan fingerprint density at radius 3 is 2.85 bits per heavy atom. The zero-order chi connectivity index (χ0) is 13.8. The van der Waals surface area contributed by atoms with Crippen LogP contribution in [0.4, 0.5) is 10.8 Å². The molecular weight excluding hydrogens is 272 g/mol. The number of H-pyrrole nitrogens is 1. The average molecular weight is 286 g/mol. The summed E-state index contributed by atoms with van der Waals surface area (Å²) >= 11 is 1.38. The molecule has 0 aliphatic heterocycles. The van der Waals surface area contributed by atoms with Gasteiger partial charge in [0.1, 0.15) is 10.8 Å². The first-order chi connectivity index (χ1) is 9.84. The summed E-state index contributed by atoms with van der Waals surface area (Å²) in [4.78, 5) is 11.1. The highest BCUT2D eigenvalue weighted by molar-refractivity contribution is 7.11. The smallest absolute Gasteiger partial charge is 0.147 e. The Balaban J connectivity index is 1.74. The molecule has 6 nitrogen and oxygen atoms in total. The van der Waals surface area contributed by atoms with Gasteiger partial charge in [-0.05, 0) is 29.2 Å². The number of aromatic amines is 1. The second kappa shape index (κ2) is 5.70. The third-order valence-corrected chi connectivity index (χ3v) is 3.74. The monoisotopic (exact) mass is 286 g/mol. The number of hydrogen-bond acceptors (Lipinski definition) is 6. The number of imidazole rings is 1. The third kappa shape index (κ3) is 2.62. The van der Waals surface area contributed by atoms with Crippen molar-refractivity contribution in [2.45, 2.75) is 6.42 Å². The summed E-state index contributed by atoms with van der Waals surface area (Å²) in [7, 11) is 0. The molecule has 3 heterocycles. The fraction of sp³-hybridized carbons (Fsp3) is 0.154. The second-order valence-corrected chi connectivity index (χ2v) is 5.03. The molecule has 3 rings (SSSR count). The Bertz CT molecular complexity index is 661. The van der Waals surface area contributed by atoms with Crippen molar-refractivity contribution >= 4 is 22.4 Å². The van der Waals surface area contributed by atoms with E-state index in [1.165, 1.54) is 11.5 Å². The molecule has 0 amide bonds. The van der Waals surface area contributed by atoms with Gasteiger partial charge in [-0.15, -0.1) is 0 Å². The molecule has 7 heteroatoms. The molecule has 0 saturated carbocycles. The SMILES string of the molecule is Nc1nsc(NCCc2cnc[nH]2)c1-c1ccncc1. The second-order valence-electron chi connectivity index (χ2n) is 4.26. The minimum atomic E-state index is 0.547. The van der Waals surface area contributed by atoms with E-state index >= 15 is 0 Å². The maximum atomic E-state index is 5.96. The Morgan fingerprint density at radius 1 is 1.25 bits per heavy atom. The molecule has 3 aromatic rings. The van der Waals surface area contributed by atoms with Crippen molar-refractivity contribution in [3.8, 4) is 11.1 Å². The summed E-state index contributed by atoms with van der Waals surface area (Å²) in [6.07, 6.45) is 7.88. The first kappa shape index (κ1) is 12.6. The first-order valence-corrected chi connectivity index (χ1v) is 6.98. The van der Waals surface area contributed by atoms with Gasteiger partial charge in [-0.1, -0.05) is 0 Å². The van der Waals surface area contributed by atoms with Crippen LogP contribution in [0.3, 0.4) is 0 Å². The number of nitrogens with two attached hydrogens (primary N) is 1. The number of nitrogens with zero attached hydrogens (tertiary/aromatic N) is 3. The van der Waals surface area contributed by atoms with Crippen LogP contribution >= 0.6 is 11.5 Å². The molecule has 20 heavy (non-hydrogen) atoms. The lowest BCUT2D eigenvalue weighted by Crippen LogP contribution is -2.04. The van der Waals surface area contributed by atoms with Crippen molar-refractivity contribution in [2.24, 2.45) is 0 Å². The summed E-state index contributed by atoms with van der Waals surface area (Å²) in [5.74, 6) is 0.547. The highest BCUT2D eigenvalue weighted by atomic mass is 32.1. The van der Waals surface area contributed by atoms with Crippen LogP contribution in [0.2, 0.25) is 0 Å². The maximum absolute atomic E-state index is 5.96. The minimum absolute atomic E-state index is 0.547. The van der Waals surface area contributed by atoms with E-state index < -0.39 is 0 Å². The predicted molar refractivity (Wildman–Crippen MR) is 80.5 cm³/mol. The fourth-order valence-electron chi connectivity index (χ4n) is 1.95. The molecule has 0 bridgehead atoms. The summed E-state index contributed by atoms with van der Waals surface area (Å²) in [5.41, 5.74) is 9.03. The number of pyridine rings is 1. The van der Waals surface area contributed by atoms with E-state index in [9.17, 15) is 0 Å².